The van der Waals surface area contributed by atoms with Crippen LogP contribution in [0.25, 0.3) is 10.9 Å². The van der Waals surface area contributed by atoms with Gasteiger partial charge in [-0.2, -0.15) is 0 Å². The highest BCUT2D eigenvalue weighted by Crippen LogP contribution is 2.15. The quantitative estimate of drug-likeness (QED) is 0.784. The van der Waals surface area contributed by atoms with Gasteiger partial charge in [0.25, 0.3) is 5.56 Å². The Hall–Kier alpha value is -1.51. The van der Waals surface area contributed by atoms with E-state index >= 15 is 0 Å². The monoisotopic (exact) mass is 411 g/mol. The highest BCUT2D eigenvalue weighted by atomic mass is 79.9. The molecule has 1 aliphatic heterocycles. The SMILES string of the molecule is O=C(CCCn1c(=S)[nH]c2ccc(Br)cc2c1=O)N1CCOCC1. The molecule has 128 valence electrons. The predicted octanol–water partition coefficient (Wildman–Crippen LogP) is 2.46. The fourth-order valence-corrected chi connectivity index (χ4v) is 3.43. The molecule has 2 heterocycles. The predicted molar refractivity (Wildman–Crippen MR) is 97.7 cm³/mol. The third-order valence-electron chi connectivity index (χ3n) is 4.08. The van der Waals surface area contributed by atoms with E-state index < -0.39 is 0 Å². The van der Waals surface area contributed by atoms with E-state index in [0.29, 0.717) is 61.4 Å². The molecule has 0 atom stereocenters. The van der Waals surface area contributed by atoms with Crippen molar-refractivity contribution in [2.75, 3.05) is 26.3 Å². The van der Waals surface area contributed by atoms with Gasteiger partial charge < -0.3 is 14.6 Å². The summed E-state index contributed by atoms with van der Waals surface area (Å²) in [6.45, 7) is 2.89. The molecule has 0 spiro atoms. The number of amides is 1. The molecule has 1 aliphatic rings. The lowest BCUT2D eigenvalue weighted by Crippen LogP contribution is -2.40. The van der Waals surface area contributed by atoms with E-state index in [1.54, 1.807) is 6.07 Å². The average Bonchev–Trinajstić information content (AvgIpc) is 2.59. The van der Waals surface area contributed by atoms with Crippen molar-refractivity contribution in [2.45, 2.75) is 19.4 Å². The minimum Gasteiger partial charge on any atom is -0.378 e. The second-order valence-electron chi connectivity index (χ2n) is 5.67. The molecule has 3 rings (SSSR count). The first kappa shape index (κ1) is 17.3. The summed E-state index contributed by atoms with van der Waals surface area (Å²) in [5.74, 6) is 0.102. The number of ether oxygens (including phenoxy) is 1. The molecule has 1 aromatic heterocycles. The average molecular weight is 412 g/mol. The number of carbonyl (C=O) groups excluding carboxylic acids is 1. The van der Waals surface area contributed by atoms with Crippen LogP contribution in [0.4, 0.5) is 0 Å². The molecule has 24 heavy (non-hydrogen) atoms. The third-order valence-corrected chi connectivity index (χ3v) is 4.90. The van der Waals surface area contributed by atoms with E-state index in [-0.39, 0.29) is 11.5 Å². The Labute approximate surface area is 152 Å². The standard InChI is InChI=1S/C16H18BrN3O3S/c17-11-3-4-13-12(10-11)15(22)20(16(24)18-13)5-1-2-14(21)19-6-8-23-9-7-19/h3-4,10H,1-2,5-9H2,(H,18,24). The lowest BCUT2D eigenvalue weighted by Gasteiger charge is -2.26. The van der Waals surface area contributed by atoms with Gasteiger partial charge in [0.05, 0.1) is 24.1 Å². The molecule has 8 heteroatoms. The zero-order valence-corrected chi connectivity index (χ0v) is 15.5. The van der Waals surface area contributed by atoms with Crippen LogP contribution >= 0.6 is 28.1 Å². The van der Waals surface area contributed by atoms with E-state index in [2.05, 4.69) is 20.9 Å². The first-order valence-corrected chi connectivity index (χ1v) is 9.04. The van der Waals surface area contributed by atoms with Gasteiger partial charge in [0.1, 0.15) is 0 Å². The van der Waals surface area contributed by atoms with Gasteiger partial charge in [0.15, 0.2) is 4.77 Å². The van der Waals surface area contributed by atoms with Crippen LogP contribution < -0.4 is 5.56 Å². The molecule has 1 fully saturated rings. The first-order chi connectivity index (χ1) is 11.6. The van der Waals surface area contributed by atoms with Crippen LogP contribution in [-0.2, 0) is 16.1 Å². The van der Waals surface area contributed by atoms with Crippen molar-refractivity contribution in [3.63, 3.8) is 0 Å². The molecule has 0 saturated carbocycles. The Kier molecular flexibility index (Phi) is 5.47. The molecular formula is C16H18BrN3O3S. The number of fused-ring (bicyclic) bond motifs is 1. The van der Waals surface area contributed by atoms with Gasteiger partial charge in [-0.25, -0.2) is 0 Å². The van der Waals surface area contributed by atoms with Gasteiger partial charge >= 0.3 is 0 Å². The van der Waals surface area contributed by atoms with Crippen LogP contribution in [0, 0.1) is 4.77 Å². The third kappa shape index (κ3) is 3.76. The van der Waals surface area contributed by atoms with Crippen LogP contribution in [0.2, 0.25) is 0 Å². The lowest BCUT2D eigenvalue weighted by molar-refractivity contribution is -0.135. The number of halogens is 1. The smallest absolute Gasteiger partial charge is 0.262 e. The summed E-state index contributed by atoms with van der Waals surface area (Å²) < 4.78 is 7.99. The summed E-state index contributed by atoms with van der Waals surface area (Å²) in [4.78, 5) is 29.7. The van der Waals surface area contributed by atoms with E-state index in [0.717, 1.165) is 4.47 Å². The maximum atomic E-state index is 12.6. The number of benzene rings is 1. The van der Waals surface area contributed by atoms with Crippen molar-refractivity contribution < 1.29 is 9.53 Å². The minimum absolute atomic E-state index is 0.102. The van der Waals surface area contributed by atoms with E-state index in [4.69, 9.17) is 17.0 Å². The summed E-state index contributed by atoms with van der Waals surface area (Å²) >= 11 is 8.66. The molecule has 1 saturated heterocycles. The molecule has 1 N–H and O–H groups in total. The van der Waals surface area contributed by atoms with Gasteiger partial charge in [-0.15, -0.1) is 0 Å². The highest BCUT2D eigenvalue weighted by Gasteiger charge is 2.16. The highest BCUT2D eigenvalue weighted by molar-refractivity contribution is 9.10. The number of hydrogen-bond donors (Lipinski definition) is 1. The molecule has 0 unspecified atom stereocenters. The number of aromatic amines is 1. The Balaban J connectivity index is 1.72. The molecule has 2 aromatic rings. The van der Waals surface area contributed by atoms with Crippen LogP contribution in [0.1, 0.15) is 12.8 Å². The minimum atomic E-state index is -0.131. The number of aromatic nitrogens is 2. The largest absolute Gasteiger partial charge is 0.378 e. The number of nitrogens with one attached hydrogen (secondary N) is 1. The zero-order chi connectivity index (χ0) is 17.1. The fourth-order valence-electron chi connectivity index (χ4n) is 2.79. The summed E-state index contributed by atoms with van der Waals surface area (Å²) in [7, 11) is 0. The summed E-state index contributed by atoms with van der Waals surface area (Å²) in [5.41, 5.74) is 0.586. The van der Waals surface area contributed by atoms with Crippen molar-refractivity contribution in [1.82, 2.24) is 14.5 Å². The number of morpholine rings is 1. The van der Waals surface area contributed by atoms with Gasteiger partial charge in [0, 0.05) is 30.5 Å². The van der Waals surface area contributed by atoms with Crippen LogP contribution in [0.5, 0.6) is 0 Å². The van der Waals surface area contributed by atoms with Gasteiger partial charge in [-0.05, 0) is 36.8 Å². The van der Waals surface area contributed by atoms with Gasteiger partial charge in [-0.1, -0.05) is 15.9 Å². The molecule has 6 nitrogen and oxygen atoms in total. The van der Waals surface area contributed by atoms with Crippen LogP contribution in [0.15, 0.2) is 27.5 Å². The lowest BCUT2D eigenvalue weighted by atomic mass is 10.2. The normalized spacial score (nSPS) is 15.0. The summed E-state index contributed by atoms with van der Waals surface area (Å²) in [6.07, 6.45) is 0.977. The van der Waals surface area contributed by atoms with E-state index in [1.165, 1.54) is 4.57 Å². The van der Waals surface area contributed by atoms with Crippen molar-refractivity contribution in [2.24, 2.45) is 0 Å². The molecule has 0 aliphatic carbocycles. The maximum Gasteiger partial charge on any atom is 0.262 e. The number of nitrogens with zero attached hydrogens (tertiary/aromatic N) is 2. The summed E-state index contributed by atoms with van der Waals surface area (Å²) in [5, 5.41) is 0.581. The molecule has 1 amide bonds. The number of rotatable bonds is 4. The van der Waals surface area contributed by atoms with Crippen molar-refractivity contribution >= 4 is 45.0 Å². The Morgan fingerprint density at radius 1 is 1.33 bits per heavy atom. The Morgan fingerprint density at radius 2 is 2.08 bits per heavy atom. The number of hydrogen-bond acceptors (Lipinski definition) is 4. The van der Waals surface area contributed by atoms with E-state index in [9.17, 15) is 9.59 Å². The molecule has 0 bridgehead atoms. The van der Waals surface area contributed by atoms with Gasteiger partial charge in [0.2, 0.25) is 5.91 Å². The molecule has 1 aromatic carbocycles. The number of H-pyrrole nitrogens is 1. The Bertz CT molecular complexity index is 871. The second-order valence-corrected chi connectivity index (χ2v) is 6.98. The van der Waals surface area contributed by atoms with Crippen molar-refractivity contribution in [1.29, 1.82) is 0 Å². The van der Waals surface area contributed by atoms with Crippen LogP contribution in [0.3, 0.4) is 0 Å². The topological polar surface area (TPSA) is 67.3 Å². The molecular weight excluding hydrogens is 394 g/mol. The molecule has 0 radical (unpaired) electrons. The van der Waals surface area contributed by atoms with Gasteiger partial charge in [-0.3, -0.25) is 14.2 Å². The van der Waals surface area contributed by atoms with Crippen LogP contribution in [-0.4, -0.2) is 46.7 Å². The number of carbonyl (C=O) groups is 1. The first-order valence-electron chi connectivity index (χ1n) is 7.84. The Morgan fingerprint density at radius 3 is 2.83 bits per heavy atom. The zero-order valence-electron chi connectivity index (χ0n) is 13.1. The second kappa shape index (κ2) is 7.58. The van der Waals surface area contributed by atoms with Crippen molar-refractivity contribution in [3.05, 3.63) is 37.8 Å². The fraction of sp³-hybridized carbons (Fsp3) is 0.438. The maximum absolute atomic E-state index is 12.6. The van der Waals surface area contributed by atoms with E-state index in [1.807, 2.05) is 17.0 Å². The van der Waals surface area contributed by atoms with Crippen molar-refractivity contribution in [3.8, 4) is 0 Å². The summed E-state index contributed by atoms with van der Waals surface area (Å²) in [6, 6.07) is 5.46.